The number of nitrogens with two attached hydrogens (primary N) is 1. The lowest BCUT2D eigenvalue weighted by molar-refractivity contribution is 0.478. The van der Waals surface area contributed by atoms with Crippen LogP contribution in [0.2, 0.25) is 0 Å². The van der Waals surface area contributed by atoms with Gasteiger partial charge < -0.3 is 10.5 Å². The normalized spacial score (nSPS) is 10.3. The van der Waals surface area contributed by atoms with Gasteiger partial charge in [-0.05, 0) is 62.8 Å². The topological polar surface area (TPSA) is 35.2 Å². The SMILES string of the molecule is Nc1cc(Br)c(F)cc1Oc1cccc(I)c1. The van der Waals surface area contributed by atoms with Gasteiger partial charge in [-0.2, -0.15) is 0 Å². The largest absolute Gasteiger partial charge is 0.455 e. The van der Waals surface area contributed by atoms with E-state index in [0.29, 0.717) is 21.7 Å². The van der Waals surface area contributed by atoms with Crippen LogP contribution in [0, 0.1) is 9.39 Å². The van der Waals surface area contributed by atoms with E-state index in [0.717, 1.165) is 3.57 Å². The maximum absolute atomic E-state index is 13.4. The van der Waals surface area contributed by atoms with Crippen LogP contribution in [0.3, 0.4) is 0 Å². The summed E-state index contributed by atoms with van der Waals surface area (Å²) in [6.07, 6.45) is 0. The lowest BCUT2D eigenvalue weighted by Crippen LogP contribution is -1.94. The van der Waals surface area contributed by atoms with Crippen LogP contribution in [-0.2, 0) is 0 Å². The smallest absolute Gasteiger partial charge is 0.153 e. The number of ether oxygens (including phenoxy) is 1. The van der Waals surface area contributed by atoms with Crippen molar-refractivity contribution in [3.05, 3.63) is 50.3 Å². The van der Waals surface area contributed by atoms with Crippen LogP contribution in [0.5, 0.6) is 11.5 Å². The van der Waals surface area contributed by atoms with E-state index < -0.39 is 5.82 Å². The third-order valence-corrected chi connectivity index (χ3v) is 3.36. The van der Waals surface area contributed by atoms with Gasteiger partial charge in [0.25, 0.3) is 0 Å². The molecule has 17 heavy (non-hydrogen) atoms. The number of halogens is 3. The first-order valence-electron chi connectivity index (χ1n) is 4.74. The molecule has 0 unspecified atom stereocenters. The lowest BCUT2D eigenvalue weighted by atomic mass is 10.3. The Morgan fingerprint density at radius 1 is 1.24 bits per heavy atom. The molecule has 0 saturated heterocycles. The first kappa shape index (κ1) is 12.6. The fraction of sp³-hybridized carbons (Fsp3) is 0. The van der Waals surface area contributed by atoms with E-state index in [1.54, 1.807) is 6.07 Å². The maximum Gasteiger partial charge on any atom is 0.153 e. The van der Waals surface area contributed by atoms with Gasteiger partial charge in [-0.25, -0.2) is 4.39 Å². The molecular formula is C12H8BrFINO. The Hall–Kier alpha value is -0.820. The minimum atomic E-state index is -0.403. The van der Waals surface area contributed by atoms with Crippen LogP contribution in [0.15, 0.2) is 40.9 Å². The molecular weight excluding hydrogens is 400 g/mol. The summed E-state index contributed by atoms with van der Waals surface area (Å²) in [7, 11) is 0. The summed E-state index contributed by atoms with van der Waals surface area (Å²) < 4.78 is 20.3. The van der Waals surface area contributed by atoms with Gasteiger partial charge in [0, 0.05) is 9.64 Å². The van der Waals surface area contributed by atoms with Crippen molar-refractivity contribution >= 4 is 44.2 Å². The molecule has 0 aromatic heterocycles. The second kappa shape index (κ2) is 5.22. The fourth-order valence-corrected chi connectivity index (χ4v) is 2.17. The zero-order valence-electron chi connectivity index (χ0n) is 8.58. The average molecular weight is 408 g/mol. The van der Waals surface area contributed by atoms with Crippen molar-refractivity contribution in [3.63, 3.8) is 0 Å². The third-order valence-electron chi connectivity index (χ3n) is 2.08. The Morgan fingerprint density at radius 3 is 2.71 bits per heavy atom. The molecule has 0 aliphatic heterocycles. The molecule has 2 N–H and O–H groups in total. The summed E-state index contributed by atoms with van der Waals surface area (Å²) in [6.45, 7) is 0. The molecule has 0 atom stereocenters. The molecule has 0 saturated carbocycles. The van der Waals surface area contributed by atoms with E-state index in [4.69, 9.17) is 10.5 Å². The Balaban J connectivity index is 2.33. The van der Waals surface area contributed by atoms with E-state index in [-0.39, 0.29) is 0 Å². The summed E-state index contributed by atoms with van der Waals surface area (Å²) in [5.74, 6) is 0.540. The zero-order chi connectivity index (χ0) is 12.4. The molecule has 0 fully saturated rings. The Bertz CT molecular complexity index is 562. The number of nitrogen functional groups attached to an aromatic ring is 1. The van der Waals surface area contributed by atoms with E-state index in [9.17, 15) is 4.39 Å². The quantitative estimate of drug-likeness (QED) is 0.584. The molecule has 0 amide bonds. The predicted octanol–water partition coefficient (Wildman–Crippen LogP) is 4.57. The van der Waals surface area contributed by atoms with Gasteiger partial charge in [0.15, 0.2) is 5.75 Å². The van der Waals surface area contributed by atoms with Gasteiger partial charge in [-0.15, -0.1) is 0 Å². The molecule has 0 aliphatic carbocycles. The van der Waals surface area contributed by atoms with E-state index in [1.165, 1.54) is 12.1 Å². The van der Waals surface area contributed by atoms with Crippen molar-refractivity contribution in [3.8, 4) is 11.5 Å². The van der Waals surface area contributed by atoms with E-state index in [2.05, 4.69) is 38.5 Å². The molecule has 5 heteroatoms. The highest BCUT2D eigenvalue weighted by Gasteiger charge is 2.08. The Morgan fingerprint density at radius 2 is 2.00 bits per heavy atom. The summed E-state index contributed by atoms with van der Waals surface area (Å²) in [6, 6.07) is 10.2. The molecule has 2 nitrogen and oxygen atoms in total. The molecule has 2 rings (SSSR count). The number of benzene rings is 2. The molecule has 0 spiro atoms. The second-order valence-electron chi connectivity index (χ2n) is 3.36. The molecule has 2 aromatic carbocycles. The van der Waals surface area contributed by atoms with E-state index in [1.807, 2.05) is 18.2 Å². The van der Waals surface area contributed by atoms with Crippen LogP contribution in [-0.4, -0.2) is 0 Å². The summed E-state index contributed by atoms with van der Waals surface area (Å²) in [5, 5.41) is 0. The van der Waals surface area contributed by atoms with Crippen molar-refractivity contribution in [2.45, 2.75) is 0 Å². The third kappa shape index (κ3) is 3.10. The number of hydrogen-bond donors (Lipinski definition) is 1. The van der Waals surface area contributed by atoms with E-state index >= 15 is 0 Å². The van der Waals surface area contributed by atoms with Crippen molar-refractivity contribution in [2.75, 3.05) is 5.73 Å². The van der Waals surface area contributed by atoms with Crippen molar-refractivity contribution < 1.29 is 9.13 Å². The first-order valence-corrected chi connectivity index (χ1v) is 6.61. The van der Waals surface area contributed by atoms with Gasteiger partial charge in [0.1, 0.15) is 11.6 Å². The highest BCUT2D eigenvalue weighted by Crippen LogP contribution is 2.32. The van der Waals surface area contributed by atoms with Crippen LogP contribution >= 0.6 is 38.5 Å². The Labute approximate surface area is 120 Å². The lowest BCUT2D eigenvalue weighted by Gasteiger charge is -2.09. The molecule has 0 aliphatic rings. The standard InChI is InChI=1S/C12H8BrFINO/c13-9-5-11(16)12(6-10(9)14)17-8-3-1-2-7(15)4-8/h1-6H,16H2. The predicted molar refractivity (Wildman–Crippen MR) is 77.7 cm³/mol. The molecule has 2 aromatic rings. The van der Waals surface area contributed by atoms with Crippen LogP contribution in [0.25, 0.3) is 0 Å². The highest BCUT2D eigenvalue weighted by molar-refractivity contribution is 14.1. The van der Waals surface area contributed by atoms with Crippen molar-refractivity contribution in [2.24, 2.45) is 0 Å². The summed E-state index contributed by atoms with van der Waals surface area (Å²) in [4.78, 5) is 0. The van der Waals surface area contributed by atoms with Gasteiger partial charge in [0.2, 0.25) is 0 Å². The molecule has 0 radical (unpaired) electrons. The minimum absolute atomic E-state index is 0.313. The first-order chi connectivity index (χ1) is 8.06. The molecule has 0 heterocycles. The number of rotatable bonds is 2. The van der Waals surface area contributed by atoms with Crippen LogP contribution in [0.4, 0.5) is 10.1 Å². The second-order valence-corrected chi connectivity index (χ2v) is 5.46. The fourth-order valence-electron chi connectivity index (χ4n) is 1.29. The number of hydrogen-bond acceptors (Lipinski definition) is 2. The zero-order valence-corrected chi connectivity index (χ0v) is 12.3. The van der Waals surface area contributed by atoms with Crippen LogP contribution < -0.4 is 10.5 Å². The molecule has 0 bridgehead atoms. The average Bonchev–Trinajstić information content (AvgIpc) is 2.26. The van der Waals surface area contributed by atoms with Gasteiger partial charge >= 0.3 is 0 Å². The van der Waals surface area contributed by atoms with Gasteiger partial charge in [-0.3, -0.25) is 0 Å². The number of anilines is 1. The maximum atomic E-state index is 13.4. The Kier molecular flexibility index (Phi) is 3.88. The van der Waals surface area contributed by atoms with Gasteiger partial charge in [0.05, 0.1) is 10.2 Å². The van der Waals surface area contributed by atoms with Crippen molar-refractivity contribution in [1.29, 1.82) is 0 Å². The minimum Gasteiger partial charge on any atom is -0.455 e. The monoisotopic (exact) mass is 407 g/mol. The van der Waals surface area contributed by atoms with Gasteiger partial charge in [-0.1, -0.05) is 6.07 Å². The molecule has 88 valence electrons. The summed E-state index contributed by atoms with van der Waals surface area (Å²) >= 11 is 5.24. The van der Waals surface area contributed by atoms with Crippen LogP contribution in [0.1, 0.15) is 0 Å². The highest BCUT2D eigenvalue weighted by atomic mass is 127. The summed E-state index contributed by atoms with van der Waals surface area (Å²) in [5.41, 5.74) is 6.14. The van der Waals surface area contributed by atoms with Crippen molar-refractivity contribution in [1.82, 2.24) is 0 Å².